The first kappa shape index (κ1) is 12.3. The van der Waals surface area contributed by atoms with E-state index < -0.39 is 0 Å². The van der Waals surface area contributed by atoms with Gasteiger partial charge in [-0.1, -0.05) is 28.1 Å². The molecule has 0 aliphatic rings. The lowest BCUT2D eigenvalue weighted by molar-refractivity contribution is 1.08. The lowest BCUT2D eigenvalue weighted by Gasteiger charge is -2.07. The zero-order chi connectivity index (χ0) is 12.3. The van der Waals surface area contributed by atoms with E-state index in [-0.39, 0.29) is 5.95 Å². The predicted octanol–water partition coefficient (Wildman–Crippen LogP) is 3.20. The van der Waals surface area contributed by atoms with Gasteiger partial charge in [-0.05, 0) is 33.6 Å². The van der Waals surface area contributed by atoms with Crippen LogP contribution in [-0.2, 0) is 6.54 Å². The van der Waals surface area contributed by atoms with Gasteiger partial charge in [0.1, 0.15) is 5.82 Å². The van der Waals surface area contributed by atoms with Gasteiger partial charge in [0.25, 0.3) is 0 Å². The molecule has 0 saturated carbocycles. The summed E-state index contributed by atoms with van der Waals surface area (Å²) in [6.07, 6.45) is 1.63. The van der Waals surface area contributed by atoms with E-state index in [9.17, 15) is 0 Å². The number of hydrogen-bond acceptors (Lipinski definition) is 4. The van der Waals surface area contributed by atoms with Gasteiger partial charge in [0.05, 0.1) is 4.47 Å². The van der Waals surface area contributed by atoms with E-state index in [4.69, 9.17) is 5.73 Å². The van der Waals surface area contributed by atoms with Crippen LogP contribution in [0.4, 0.5) is 11.8 Å². The highest BCUT2D eigenvalue weighted by atomic mass is 79.9. The molecule has 4 nitrogen and oxygen atoms in total. The van der Waals surface area contributed by atoms with Crippen LogP contribution < -0.4 is 11.1 Å². The molecule has 6 heteroatoms. The van der Waals surface area contributed by atoms with E-state index in [1.165, 1.54) is 0 Å². The Balaban J connectivity index is 2.07. The summed E-state index contributed by atoms with van der Waals surface area (Å²) in [6, 6.07) is 8.08. The summed E-state index contributed by atoms with van der Waals surface area (Å²) in [5.41, 5.74) is 6.69. The highest BCUT2D eigenvalue weighted by molar-refractivity contribution is 9.10. The lowest BCUT2D eigenvalue weighted by Crippen LogP contribution is -2.04. The quantitative estimate of drug-likeness (QED) is 0.885. The molecular formula is C11H10Br2N4. The van der Waals surface area contributed by atoms with Crippen molar-refractivity contribution in [1.82, 2.24) is 9.97 Å². The minimum absolute atomic E-state index is 0.256. The highest BCUT2D eigenvalue weighted by Gasteiger charge is 2.02. The number of benzene rings is 1. The number of aromatic nitrogens is 2. The molecule has 1 aromatic carbocycles. The predicted molar refractivity (Wildman–Crippen MR) is 75.6 cm³/mol. The third-order valence-electron chi connectivity index (χ3n) is 2.14. The summed E-state index contributed by atoms with van der Waals surface area (Å²) in [6.45, 7) is 0.683. The second kappa shape index (κ2) is 5.46. The van der Waals surface area contributed by atoms with E-state index in [1.807, 2.05) is 24.3 Å². The van der Waals surface area contributed by atoms with Crippen molar-refractivity contribution in [3.8, 4) is 0 Å². The monoisotopic (exact) mass is 356 g/mol. The van der Waals surface area contributed by atoms with Crippen molar-refractivity contribution >= 4 is 43.6 Å². The summed E-state index contributed by atoms with van der Waals surface area (Å²) >= 11 is 6.76. The van der Waals surface area contributed by atoms with Crippen LogP contribution in [0.2, 0.25) is 0 Å². The summed E-state index contributed by atoms with van der Waals surface area (Å²) < 4.78 is 1.86. The minimum Gasteiger partial charge on any atom is -0.368 e. The first-order valence-electron chi connectivity index (χ1n) is 4.91. The standard InChI is InChI=1S/C11H10Br2N4/c12-8-3-1-7(2-4-8)5-15-10-9(13)6-16-11(14)17-10/h1-4,6H,5H2,(H3,14,15,16,17). The number of nitrogens with two attached hydrogens (primary N) is 1. The lowest BCUT2D eigenvalue weighted by atomic mass is 10.2. The van der Waals surface area contributed by atoms with Gasteiger partial charge in [-0.2, -0.15) is 4.98 Å². The van der Waals surface area contributed by atoms with Crippen molar-refractivity contribution in [3.63, 3.8) is 0 Å². The molecule has 1 heterocycles. The van der Waals surface area contributed by atoms with Crippen LogP contribution in [0.15, 0.2) is 39.4 Å². The summed E-state index contributed by atoms with van der Waals surface area (Å²) in [5, 5.41) is 3.20. The van der Waals surface area contributed by atoms with Crippen LogP contribution in [0.1, 0.15) is 5.56 Å². The molecule has 0 spiro atoms. The molecule has 0 radical (unpaired) electrons. The summed E-state index contributed by atoms with van der Waals surface area (Å²) in [5.74, 6) is 0.951. The Morgan fingerprint density at radius 1 is 1.18 bits per heavy atom. The number of nitrogens with one attached hydrogen (secondary N) is 1. The van der Waals surface area contributed by atoms with E-state index >= 15 is 0 Å². The van der Waals surface area contributed by atoms with Gasteiger partial charge in [0.15, 0.2) is 0 Å². The average Bonchev–Trinajstić information content (AvgIpc) is 2.32. The first-order chi connectivity index (χ1) is 8.15. The van der Waals surface area contributed by atoms with Gasteiger partial charge in [0, 0.05) is 17.2 Å². The number of nitrogens with zero attached hydrogens (tertiary/aromatic N) is 2. The summed E-state index contributed by atoms with van der Waals surface area (Å²) in [4.78, 5) is 7.98. The second-order valence-electron chi connectivity index (χ2n) is 3.40. The van der Waals surface area contributed by atoms with Crippen LogP contribution >= 0.6 is 31.9 Å². The van der Waals surface area contributed by atoms with Gasteiger partial charge in [-0.3, -0.25) is 0 Å². The summed E-state index contributed by atoms with van der Waals surface area (Å²) in [7, 11) is 0. The zero-order valence-corrected chi connectivity index (χ0v) is 12.0. The Labute approximate surface area is 116 Å². The van der Waals surface area contributed by atoms with E-state index in [0.717, 1.165) is 14.5 Å². The van der Waals surface area contributed by atoms with Gasteiger partial charge in [0.2, 0.25) is 5.95 Å². The average molecular weight is 358 g/mol. The fraction of sp³-hybridized carbons (Fsp3) is 0.0909. The molecule has 17 heavy (non-hydrogen) atoms. The molecule has 0 unspecified atom stereocenters. The fourth-order valence-corrected chi connectivity index (χ4v) is 1.89. The van der Waals surface area contributed by atoms with Gasteiger partial charge in [-0.25, -0.2) is 4.98 Å². The third kappa shape index (κ3) is 3.41. The van der Waals surface area contributed by atoms with Gasteiger partial charge < -0.3 is 11.1 Å². The van der Waals surface area contributed by atoms with Crippen molar-refractivity contribution in [2.24, 2.45) is 0 Å². The molecule has 88 valence electrons. The van der Waals surface area contributed by atoms with Crippen LogP contribution in [0, 0.1) is 0 Å². The molecule has 0 amide bonds. The Kier molecular flexibility index (Phi) is 3.96. The minimum atomic E-state index is 0.256. The maximum absolute atomic E-state index is 5.53. The molecular weight excluding hydrogens is 348 g/mol. The Morgan fingerprint density at radius 2 is 1.88 bits per heavy atom. The van der Waals surface area contributed by atoms with Crippen LogP contribution in [-0.4, -0.2) is 9.97 Å². The fourth-order valence-electron chi connectivity index (χ4n) is 1.29. The number of nitrogen functional groups attached to an aromatic ring is 1. The number of hydrogen-bond donors (Lipinski definition) is 2. The van der Waals surface area contributed by atoms with Gasteiger partial charge >= 0.3 is 0 Å². The van der Waals surface area contributed by atoms with E-state index in [0.29, 0.717) is 12.4 Å². The molecule has 0 saturated heterocycles. The van der Waals surface area contributed by atoms with Gasteiger partial charge in [-0.15, -0.1) is 0 Å². The molecule has 3 N–H and O–H groups in total. The smallest absolute Gasteiger partial charge is 0.221 e. The molecule has 1 aromatic heterocycles. The van der Waals surface area contributed by atoms with Crippen LogP contribution in [0.25, 0.3) is 0 Å². The first-order valence-corrected chi connectivity index (χ1v) is 6.50. The molecule has 2 aromatic rings. The Bertz CT molecular complexity index is 513. The number of halogens is 2. The van der Waals surface area contributed by atoms with Crippen molar-refractivity contribution in [2.75, 3.05) is 11.1 Å². The topological polar surface area (TPSA) is 63.8 Å². The third-order valence-corrected chi connectivity index (χ3v) is 3.24. The second-order valence-corrected chi connectivity index (χ2v) is 5.17. The van der Waals surface area contributed by atoms with Crippen LogP contribution in [0.3, 0.4) is 0 Å². The van der Waals surface area contributed by atoms with Crippen molar-refractivity contribution in [1.29, 1.82) is 0 Å². The number of anilines is 2. The van der Waals surface area contributed by atoms with Crippen LogP contribution in [0.5, 0.6) is 0 Å². The Morgan fingerprint density at radius 3 is 2.59 bits per heavy atom. The molecule has 0 atom stereocenters. The van der Waals surface area contributed by atoms with Crippen molar-refractivity contribution in [2.45, 2.75) is 6.54 Å². The molecule has 2 rings (SSSR count). The van der Waals surface area contributed by atoms with E-state index in [2.05, 4.69) is 47.1 Å². The largest absolute Gasteiger partial charge is 0.368 e. The normalized spacial score (nSPS) is 10.2. The Hall–Kier alpha value is -1.14. The highest BCUT2D eigenvalue weighted by Crippen LogP contribution is 2.20. The maximum Gasteiger partial charge on any atom is 0.221 e. The van der Waals surface area contributed by atoms with E-state index in [1.54, 1.807) is 6.20 Å². The molecule has 0 aliphatic carbocycles. The molecule has 0 bridgehead atoms. The number of rotatable bonds is 3. The van der Waals surface area contributed by atoms with Crippen molar-refractivity contribution < 1.29 is 0 Å². The molecule has 0 aliphatic heterocycles. The zero-order valence-electron chi connectivity index (χ0n) is 8.82. The maximum atomic E-state index is 5.53. The molecule has 0 fully saturated rings. The SMILES string of the molecule is Nc1ncc(Br)c(NCc2ccc(Br)cc2)n1. The van der Waals surface area contributed by atoms with Crippen molar-refractivity contribution in [3.05, 3.63) is 45.0 Å².